The molecule has 1 rings (SSSR count). The van der Waals surface area contributed by atoms with E-state index < -0.39 is 12.0 Å². The Morgan fingerprint density at radius 1 is 1.57 bits per heavy atom. The van der Waals surface area contributed by atoms with Gasteiger partial charge in [-0.2, -0.15) is 11.8 Å². The molecule has 0 aromatic carbocycles. The summed E-state index contributed by atoms with van der Waals surface area (Å²) in [4.78, 5) is 12.9. The summed E-state index contributed by atoms with van der Waals surface area (Å²) in [5.74, 6) is -0.807. The van der Waals surface area contributed by atoms with Gasteiger partial charge in [0.05, 0.1) is 0 Å². The van der Waals surface area contributed by atoms with Crippen LogP contribution in [0.15, 0.2) is 0 Å². The lowest BCUT2D eigenvalue weighted by Gasteiger charge is -2.37. The van der Waals surface area contributed by atoms with Gasteiger partial charge in [-0.05, 0) is 0 Å². The number of thioether (sulfide) groups is 1. The zero-order valence-electron chi connectivity index (χ0n) is 8.64. The zero-order chi connectivity index (χ0) is 10.7. The van der Waals surface area contributed by atoms with E-state index in [9.17, 15) is 4.79 Å². The first-order valence-electron chi connectivity index (χ1n) is 4.87. The van der Waals surface area contributed by atoms with Crippen LogP contribution in [0, 0.1) is 0 Å². The average molecular weight is 218 g/mol. The van der Waals surface area contributed by atoms with Crippen molar-refractivity contribution in [1.29, 1.82) is 0 Å². The van der Waals surface area contributed by atoms with Crippen molar-refractivity contribution in [1.82, 2.24) is 4.90 Å². The maximum absolute atomic E-state index is 10.9. The summed E-state index contributed by atoms with van der Waals surface area (Å²) in [7, 11) is 0. The van der Waals surface area contributed by atoms with E-state index in [1.54, 1.807) is 0 Å². The van der Waals surface area contributed by atoms with Gasteiger partial charge in [0.1, 0.15) is 6.04 Å². The molecule has 0 aliphatic carbocycles. The fraction of sp³-hybridized carbons (Fsp3) is 0.889. The normalized spacial score (nSPS) is 31.4. The van der Waals surface area contributed by atoms with Crippen molar-refractivity contribution >= 4 is 17.7 Å². The molecule has 14 heavy (non-hydrogen) atoms. The lowest BCUT2D eigenvalue weighted by molar-refractivity contribution is -0.142. The van der Waals surface area contributed by atoms with Crippen LogP contribution in [0.2, 0.25) is 0 Å². The van der Waals surface area contributed by atoms with Gasteiger partial charge in [-0.3, -0.25) is 9.69 Å². The van der Waals surface area contributed by atoms with Gasteiger partial charge in [-0.15, -0.1) is 0 Å². The first kappa shape index (κ1) is 11.8. The molecule has 5 heteroatoms. The van der Waals surface area contributed by atoms with Crippen molar-refractivity contribution in [3.63, 3.8) is 0 Å². The summed E-state index contributed by atoms with van der Waals surface area (Å²) in [6, 6.07) is -0.513. The highest BCUT2D eigenvalue weighted by Crippen LogP contribution is 2.25. The van der Waals surface area contributed by atoms with E-state index in [-0.39, 0.29) is 6.54 Å². The van der Waals surface area contributed by atoms with Gasteiger partial charge in [-0.1, -0.05) is 13.8 Å². The van der Waals surface area contributed by atoms with E-state index in [4.69, 9.17) is 10.8 Å². The molecule has 3 N–H and O–H groups in total. The Morgan fingerprint density at radius 3 is 2.43 bits per heavy atom. The molecule has 1 aliphatic heterocycles. The molecule has 1 fully saturated rings. The molecule has 1 heterocycles. The minimum absolute atomic E-state index is 0.194. The quantitative estimate of drug-likeness (QED) is 0.709. The highest BCUT2D eigenvalue weighted by atomic mass is 32.2. The molecule has 1 aliphatic rings. The third-order valence-corrected chi connectivity index (χ3v) is 3.62. The molecular formula is C9H18N2O2S. The molecule has 0 bridgehead atoms. The number of aliphatic carboxylic acids is 1. The van der Waals surface area contributed by atoms with Crippen molar-refractivity contribution < 1.29 is 9.90 Å². The molecule has 0 amide bonds. The maximum Gasteiger partial charge on any atom is 0.322 e. The monoisotopic (exact) mass is 218 g/mol. The van der Waals surface area contributed by atoms with E-state index in [0.29, 0.717) is 10.5 Å². The summed E-state index contributed by atoms with van der Waals surface area (Å²) in [6.45, 7) is 6.09. The Balaban J connectivity index is 2.61. The minimum Gasteiger partial charge on any atom is -0.480 e. The van der Waals surface area contributed by atoms with E-state index in [0.717, 1.165) is 13.1 Å². The number of carboxylic acids is 1. The number of hydrogen-bond acceptors (Lipinski definition) is 4. The Kier molecular flexibility index (Phi) is 4.22. The van der Waals surface area contributed by atoms with Crippen LogP contribution < -0.4 is 5.73 Å². The van der Waals surface area contributed by atoms with Crippen LogP contribution in [0.25, 0.3) is 0 Å². The Morgan fingerprint density at radius 2 is 2.07 bits per heavy atom. The summed E-state index contributed by atoms with van der Waals surface area (Å²) >= 11 is 1.91. The van der Waals surface area contributed by atoms with Crippen molar-refractivity contribution in [2.45, 2.75) is 30.4 Å². The first-order valence-corrected chi connectivity index (χ1v) is 5.81. The van der Waals surface area contributed by atoms with Crippen LogP contribution in [0.5, 0.6) is 0 Å². The topological polar surface area (TPSA) is 66.6 Å². The second-order valence-electron chi connectivity index (χ2n) is 3.80. The lowest BCUT2D eigenvalue weighted by atomic mass is 10.2. The molecule has 3 atom stereocenters. The second-order valence-corrected chi connectivity index (χ2v) is 5.68. The molecule has 0 radical (unpaired) electrons. The summed E-state index contributed by atoms with van der Waals surface area (Å²) in [5, 5.41) is 9.96. The Hall–Kier alpha value is -0.260. The van der Waals surface area contributed by atoms with E-state index in [2.05, 4.69) is 13.8 Å². The smallest absolute Gasteiger partial charge is 0.322 e. The standard InChI is InChI=1S/C9H18N2O2S/c1-6-4-11(5-7(2)14-6)8(3-10)9(12)13/h6-8H,3-5,10H2,1-2H3,(H,12,13). The largest absolute Gasteiger partial charge is 0.480 e. The van der Waals surface area contributed by atoms with Crippen molar-refractivity contribution in [2.24, 2.45) is 5.73 Å². The Bertz CT molecular complexity index is 203. The number of nitrogens with zero attached hydrogens (tertiary/aromatic N) is 1. The highest BCUT2D eigenvalue weighted by molar-refractivity contribution is 8.00. The summed E-state index contributed by atoms with van der Waals surface area (Å²) in [5.41, 5.74) is 5.47. The fourth-order valence-corrected chi connectivity index (χ4v) is 3.23. The fourth-order valence-electron chi connectivity index (χ4n) is 1.88. The van der Waals surface area contributed by atoms with Gasteiger partial charge in [0, 0.05) is 30.1 Å². The molecule has 0 saturated carbocycles. The van der Waals surface area contributed by atoms with E-state index in [1.807, 2.05) is 16.7 Å². The van der Waals surface area contributed by atoms with Gasteiger partial charge in [0.15, 0.2) is 0 Å². The van der Waals surface area contributed by atoms with Crippen molar-refractivity contribution in [2.75, 3.05) is 19.6 Å². The summed E-state index contributed by atoms with van der Waals surface area (Å²) < 4.78 is 0. The molecule has 3 unspecified atom stereocenters. The van der Waals surface area contributed by atoms with Gasteiger partial charge in [-0.25, -0.2) is 0 Å². The maximum atomic E-state index is 10.9. The third kappa shape index (κ3) is 2.87. The predicted octanol–water partition coefficient (Wildman–Crippen LogP) is 0.224. The highest BCUT2D eigenvalue weighted by Gasteiger charge is 2.30. The molecule has 1 saturated heterocycles. The van der Waals surface area contributed by atoms with Gasteiger partial charge in [0.25, 0.3) is 0 Å². The molecular weight excluding hydrogens is 200 g/mol. The lowest BCUT2D eigenvalue weighted by Crippen LogP contribution is -2.52. The number of carboxylic acid groups (broad SMARTS) is 1. The zero-order valence-corrected chi connectivity index (χ0v) is 9.46. The van der Waals surface area contributed by atoms with Gasteiger partial charge in [0.2, 0.25) is 0 Å². The van der Waals surface area contributed by atoms with Crippen LogP contribution in [-0.4, -0.2) is 52.2 Å². The van der Waals surface area contributed by atoms with Crippen LogP contribution >= 0.6 is 11.8 Å². The van der Waals surface area contributed by atoms with Crippen LogP contribution in [-0.2, 0) is 4.79 Å². The molecule has 82 valence electrons. The Labute approximate surface area is 88.8 Å². The van der Waals surface area contributed by atoms with Crippen LogP contribution in [0.4, 0.5) is 0 Å². The molecule has 0 aromatic heterocycles. The molecule has 4 nitrogen and oxygen atoms in total. The van der Waals surface area contributed by atoms with Crippen LogP contribution in [0.1, 0.15) is 13.8 Å². The average Bonchev–Trinajstić information content (AvgIpc) is 2.02. The minimum atomic E-state index is -0.807. The third-order valence-electron chi connectivity index (χ3n) is 2.40. The SMILES string of the molecule is CC1CN(C(CN)C(=O)O)CC(C)S1. The molecule has 0 aromatic rings. The van der Waals surface area contributed by atoms with E-state index >= 15 is 0 Å². The van der Waals surface area contributed by atoms with Crippen molar-refractivity contribution in [3.8, 4) is 0 Å². The van der Waals surface area contributed by atoms with E-state index in [1.165, 1.54) is 0 Å². The molecule has 0 spiro atoms. The number of carbonyl (C=O) groups is 1. The summed E-state index contributed by atoms with van der Waals surface area (Å²) in [6.07, 6.45) is 0. The number of rotatable bonds is 3. The number of hydrogen-bond donors (Lipinski definition) is 2. The second kappa shape index (κ2) is 5.00. The van der Waals surface area contributed by atoms with Gasteiger partial charge < -0.3 is 10.8 Å². The number of nitrogens with two attached hydrogens (primary N) is 1. The van der Waals surface area contributed by atoms with Gasteiger partial charge >= 0.3 is 5.97 Å². The predicted molar refractivity (Wildman–Crippen MR) is 58.6 cm³/mol. The van der Waals surface area contributed by atoms with Crippen molar-refractivity contribution in [3.05, 3.63) is 0 Å². The van der Waals surface area contributed by atoms with Crippen LogP contribution in [0.3, 0.4) is 0 Å². The first-order chi connectivity index (χ1) is 6.54.